The third kappa shape index (κ3) is 5.08. The summed E-state index contributed by atoms with van der Waals surface area (Å²) in [6, 6.07) is 14.8. The van der Waals surface area contributed by atoms with E-state index < -0.39 is 11.8 Å². The molecule has 2 aromatic rings. The third-order valence-electron chi connectivity index (χ3n) is 3.84. The Labute approximate surface area is 149 Å². The van der Waals surface area contributed by atoms with Gasteiger partial charge in [0.15, 0.2) is 0 Å². The molecule has 0 aliphatic carbocycles. The second-order valence-electron chi connectivity index (χ2n) is 7.18. The fourth-order valence-corrected chi connectivity index (χ4v) is 2.29. The van der Waals surface area contributed by atoms with Crippen LogP contribution in [0.1, 0.15) is 26.3 Å². The van der Waals surface area contributed by atoms with Gasteiger partial charge in [-0.25, -0.2) is 0 Å². The summed E-state index contributed by atoms with van der Waals surface area (Å²) in [7, 11) is 3.82. The minimum atomic E-state index is -0.698. The van der Waals surface area contributed by atoms with Crippen LogP contribution < -0.4 is 15.5 Å². The number of hydrogen-bond donors (Lipinski definition) is 2. The van der Waals surface area contributed by atoms with Gasteiger partial charge in [-0.15, -0.1) is 0 Å². The Morgan fingerprint density at radius 1 is 0.840 bits per heavy atom. The van der Waals surface area contributed by atoms with Crippen molar-refractivity contribution >= 4 is 28.9 Å². The molecule has 2 amide bonds. The number of carbonyl (C=O) groups excluding carboxylic acids is 2. The molecule has 5 nitrogen and oxygen atoms in total. The molecule has 0 bridgehead atoms. The highest BCUT2D eigenvalue weighted by Crippen LogP contribution is 2.23. The van der Waals surface area contributed by atoms with Crippen molar-refractivity contribution in [1.29, 1.82) is 0 Å². The van der Waals surface area contributed by atoms with Gasteiger partial charge in [-0.2, -0.15) is 0 Å². The Morgan fingerprint density at radius 3 is 1.92 bits per heavy atom. The van der Waals surface area contributed by atoms with E-state index in [9.17, 15) is 9.59 Å². The molecular formula is C20H25N3O2. The largest absolute Gasteiger partial charge is 0.378 e. The zero-order chi connectivity index (χ0) is 18.6. The van der Waals surface area contributed by atoms with Crippen molar-refractivity contribution in [2.45, 2.75) is 26.2 Å². The molecular weight excluding hydrogens is 314 g/mol. The topological polar surface area (TPSA) is 61.4 Å². The van der Waals surface area contributed by atoms with E-state index in [0.717, 1.165) is 11.3 Å². The van der Waals surface area contributed by atoms with Crippen LogP contribution in [-0.2, 0) is 15.0 Å². The highest BCUT2D eigenvalue weighted by atomic mass is 16.2. The zero-order valence-corrected chi connectivity index (χ0v) is 15.4. The minimum Gasteiger partial charge on any atom is -0.378 e. The van der Waals surface area contributed by atoms with Crippen molar-refractivity contribution < 1.29 is 9.59 Å². The van der Waals surface area contributed by atoms with E-state index in [1.807, 2.05) is 49.3 Å². The van der Waals surface area contributed by atoms with E-state index in [1.165, 1.54) is 0 Å². The van der Waals surface area contributed by atoms with Crippen LogP contribution in [0.25, 0.3) is 0 Å². The monoisotopic (exact) mass is 339 g/mol. The molecule has 5 heteroatoms. The van der Waals surface area contributed by atoms with Crippen LogP contribution in [0.15, 0.2) is 48.5 Å². The molecule has 0 saturated heterocycles. The summed E-state index contributed by atoms with van der Waals surface area (Å²) in [4.78, 5) is 26.1. The van der Waals surface area contributed by atoms with E-state index in [-0.39, 0.29) is 5.41 Å². The number of amides is 2. The predicted molar refractivity (Wildman–Crippen MR) is 103 cm³/mol. The molecule has 25 heavy (non-hydrogen) atoms. The van der Waals surface area contributed by atoms with E-state index in [0.29, 0.717) is 11.4 Å². The Hall–Kier alpha value is -2.82. The average molecular weight is 339 g/mol. The van der Waals surface area contributed by atoms with Gasteiger partial charge in [-0.1, -0.05) is 39.0 Å². The van der Waals surface area contributed by atoms with E-state index >= 15 is 0 Å². The first-order valence-electron chi connectivity index (χ1n) is 8.17. The van der Waals surface area contributed by atoms with Crippen molar-refractivity contribution in [2.75, 3.05) is 29.6 Å². The maximum absolute atomic E-state index is 12.1. The zero-order valence-electron chi connectivity index (χ0n) is 15.4. The standard InChI is InChI=1S/C20H25N3O2/c1-20(2,3)14-9-11-15(12-10-14)21-18(24)19(25)22-16-7-6-8-17(13-16)23(4)5/h6-13H,1-5H3,(H,21,24)(H,22,25). The molecule has 132 valence electrons. The van der Waals surface area contributed by atoms with Gasteiger partial charge in [0.1, 0.15) is 0 Å². The molecule has 2 rings (SSSR count). The quantitative estimate of drug-likeness (QED) is 0.840. The lowest BCUT2D eigenvalue weighted by Crippen LogP contribution is -2.29. The van der Waals surface area contributed by atoms with E-state index in [4.69, 9.17) is 0 Å². The molecule has 2 N–H and O–H groups in total. The number of rotatable bonds is 3. The molecule has 0 fully saturated rings. The maximum atomic E-state index is 12.1. The summed E-state index contributed by atoms with van der Waals surface area (Å²) in [6.45, 7) is 6.36. The predicted octanol–water partition coefficient (Wildman–Crippen LogP) is 3.63. The molecule has 0 atom stereocenters. The first-order valence-corrected chi connectivity index (χ1v) is 8.17. The molecule has 0 aliphatic heterocycles. The van der Waals surface area contributed by atoms with Crippen LogP contribution in [0.2, 0.25) is 0 Å². The summed E-state index contributed by atoms with van der Waals surface area (Å²) in [6.07, 6.45) is 0. The number of hydrogen-bond acceptors (Lipinski definition) is 3. The van der Waals surface area contributed by atoms with Gasteiger partial charge in [0.2, 0.25) is 0 Å². The van der Waals surface area contributed by atoms with E-state index in [1.54, 1.807) is 18.2 Å². The van der Waals surface area contributed by atoms with Gasteiger partial charge in [0, 0.05) is 31.2 Å². The van der Waals surface area contributed by atoms with Crippen LogP contribution in [0.3, 0.4) is 0 Å². The molecule has 2 aromatic carbocycles. The molecule has 0 aliphatic rings. The fraction of sp³-hybridized carbons (Fsp3) is 0.300. The Morgan fingerprint density at radius 2 is 1.40 bits per heavy atom. The highest BCUT2D eigenvalue weighted by molar-refractivity contribution is 6.43. The molecule has 0 spiro atoms. The van der Waals surface area contributed by atoms with Gasteiger partial charge < -0.3 is 15.5 Å². The normalized spacial score (nSPS) is 10.9. The molecule has 0 saturated carbocycles. The van der Waals surface area contributed by atoms with Crippen molar-refractivity contribution in [3.8, 4) is 0 Å². The molecule has 0 aromatic heterocycles. The molecule has 0 radical (unpaired) electrons. The van der Waals surface area contributed by atoms with Gasteiger partial charge in [0.05, 0.1) is 0 Å². The second kappa shape index (κ2) is 7.38. The second-order valence-corrected chi connectivity index (χ2v) is 7.18. The third-order valence-corrected chi connectivity index (χ3v) is 3.84. The Kier molecular flexibility index (Phi) is 5.47. The van der Waals surface area contributed by atoms with Crippen LogP contribution in [0.5, 0.6) is 0 Å². The Bertz CT molecular complexity index is 759. The SMILES string of the molecule is CN(C)c1cccc(NC(=O)C(=O)Nc2ccc(C(C)(C)C)cc2)c1. The summed E-state index contributed by atoms with van der Waals surface area (Å²) >= 11 is 0. The number of nitrogens with one attached hydrogen (secondary N) is 2. The van der Waals surface area contributed by atoms with Crippen LogP contribution in [-0.4, -0.2) is 25.9 Å². The summed E-state index contributed by atoms with van der Waals surface area (Å²) in [5, 5.41) is 5.23. The lowest BCUT2D eigenvalue weighted by atomic mass is 9.87. The van der Waals surface area contributed by atoms with Gasteiger partial charge in [0.25, 0.3) is 0 Å². The first-order chi connectivity index (χ1) is 11.7. The van der Waals surface area contributed by atoms with Crippen LogP contribution in [0, 0.1) is 0 Å². The van der Waals surface area contributed by atoms with Gasteiger partial charge in [-0.05, 0) is 41.3 Å². The molecule has 0 unspecified atom stereocenters. The highest BCUT2D eigenvalue weighted by Gasteiger charge is 2.16. The average Bonchev–Trinajstić information content (AvgIpc) is 2.54. The Balaban J connectivity index is 2.01. The maximum Gasteiger partial charge on any atom is 0.314 e. The summed E-state index contributed by atoms with van der Waals surface area (Å²) in [5.41, 5.74) is 3.31. The minimum absolute atomic E-state index is 0.0391. The molecule has 0 heterocycles. The smallest absolute Gasteiger partial charge is 0.314 e. The fourth-order valence-electron chi connectivity index (χ4n) is 2.29. The van der Waals surface area contributed by atoms with Crippen LogP contribution in [0.4, 0.5) is 17.1 Å². The number of nitrogens with zero attached hydrogens (tertiary/aromatic N) is 1. The summed E-state index contributed by atoms with van der Waals surface area (Å²) in [5.74, 6) is -1.39. The first kappa shape index (κ1) is 18.5. The van der Waals surface area contributed by atoms with Gasteiger partial charge >= 0.3 is 11.8 Å². The van der Waals surface area contributed by atoms with Gasteiger partial charge in [-0.3, -0.25) is 9.59 Å². The number of benzene rings is 2. The number of carbonyl (C=O) groups is 2. The lowest BCUT2D eigenvalue weighted by molar-refractivity contribution is -0.132. The van der Waals surface area contributed by atoms with Crippen molar-refractivity contribution in [3.63, 3.8) is 0 Å². The van der Waals surface area contributed by atoms with Crippen molar-refractivity contribution in [3.05, 3.63) is 54.1 Å². The van der Waals surface area contributed by atoms with Crippen molar-refractivity contribution in [1.82, 2.24) is 0 Å². The van der Waals surface area contributed by atoms with Crippen LogP contribution >= 0.6 is 0 Å². The summed E-state index contributed by atoms with van der Waals surface area (Å²) < 4.78 is 0. The lowest BCUT2D eigenvalue weighted by Gasteiger charge is -2.19. The van der Waals surface area contributed by atoms with E-state index in [2.05, 4.69) is 31.4 Å². The number of anilines is 3. The van der Waals surface area contributed by atoms with Crippen molar-refractivity contribution in [2.24, 2.45) is 0 Å².